The minimum atomic E-state index is -0.0551. The van der Waals surface area contributed by atoms with Gasteiger partial charge in [0.2, 0.25) is 0 Å². The maximum atomic E-state index is 12.6. The molecule has 0 atom stereocenters. The summed E-state index contributed by atoms with van der Waals surface area (Å²) >= 11 is 0. The highest BCUT2D eigenvalue weighted by atomic mass is 16.5. The predicted octanol–water partition coefficient (Wildman–Crippen LogP) is 3.71. The summed E-state index contributed by atoms with van der Waals surface area (Å²) < 4.78 is 5.25. The van der Waals surface area contributed by atoms with E-state index in [1.54, 1.807) is 18.1 Å². The van der Waals surface area contributed by atoms with Crippen LogP contribution >= 0.6 is 0 Å². The molecule has 0 spiro atoms. The molecular weight excluding hydrogens is 362 g/mol. The van der Waals surface area contributed by atoms with Gasteiger partial charge in [0.25, 0.3) is 5.91 Å². The van der Waals surface area contributed by atoms with Crippen LogP contribution in [0, 0.1) is 0 Å². The summed E-state index contributed by atoms with van der Waals surface area (Å²) in [6.45, 7) is 1.24. The first-order valence-electron chi connectivity index (χ1n) is 9.75. The second-order valence-electron chi connectivity index (χ2n) is 7.45. The highest BCUT2D eigenvalue weighted by Crippen LogP contribution is 2.32. The van der Waals surface area contributed by atoms with Gasteiger partial charge in [-0.15, -0.1) is 0 Å². The molecule has 5 nitrogen and oxygen atoms in total. The lowest BCUT2D eigenvalue weighted by Crippen LogP contribution is -2.54. The topological polar surface area (TPSA) is 55.3 Å². The maximum Gasteiger partial charge on any atom is 0.272 e. The molecule has 1 saturated heterocycles. The van der Waals surface area contributed by atoms with E-state index in [1.165, 1.54) is 11.1 Å². The van der Waals surface area contributed by atoms with Crippen LogP contribution < -0.4 is 0 Å². The fraction of sp³-hybridized carbons (Fsp3) is 0.208. The van der Waals surface area contributed by atoms with Gasteiger partial charge in [0.15, 0.2) is 0 Å². The van der Waals surface area contributed by atoms with Gasteiger partial charge in [-0.25, -0.2) is 4.98 Å². The molecule has 5 rings (SSSR count). The Labute approximate surface area is 169 Å². The lowest BCUT2D eigenvalue weighted by Gasteiger charge is -2.37. The molecule has 1 aromatic carbocycles. The molecule has 144 valence electrons. The number of hydrogen-bond donors (Lipinski definition) is 0. The van der Waals surface area contributed by atoms with Crippen LogP contribution in [0.5, 0.6) is 0 Å². The highest BCUT2D eigenvalue weighted by Gasteiger charge is 2.31. The molecule has 29 heavy (non-hydrogen) atoms. The Morgan fingerprint density at radius 3 is 2.69 bits per heavy atom. The van der Waals surface area contributed by atoms with Gasteiger partial charge in [-0.05, 0) is 41.0 Å². The van der Waals surface area contributed by atoms with Crippen molar-refractivity contribution in [3.63, 3.8) is 0 Å². The van der Waals surface area contributed by atoms with Crippen LogP contribution in [-0.2, 0) is 11.2 Å². The van der Waals surface area contributed by atoms with E-state index in [0.717, 1.165) is 28.9 Å². The standard InChI is InChI=1S/C24H21N3O2/c1-29-20-14-27(15-20)24(28)22-9-5-8-21(26-22)19-11-18-10-17(12-23(18)25-13-19)16-6-3-2-4-7-16/h2-11,13,20H,12,14-15H2,1H3. The van der Waals surface area contributed by atoms with Gasteiger partial charge in [0.05, 0.1) is 17.5 Å². The average molecular weight is 383 g/mol. The largest absolute Gasteiger partial charge is 0.378 e. The van der Waals surface area contributed by atoms with Gasteiger partial charge in [-0.3, -0.25) is 9.78 Å². The number of aromatic nitrogens is 2. The minimum Gasteiger partial charge on any atom is -0.378 e. The molecule has 3 heterocycles. The first-order chi connectivity index (χ1) is 14.2. The third kappa shape index (κ3) is 3.34. The molecule has 1 fully saturated rings. The van der Waals surface area contributed by atoms with Crippen LogP contribution in [0.15, 0.2) is 60.8 Å². The molecule has 1 amide bonds. The van der Waals surface area contributed by atoms with Crippen molar-refractivity contribution in [3.8, 4) is 11.3 Å². The van der Waals surface area contributed by atoms with E-state index < -0.39 is 0 Å². The maximum absolute atomic E-state index is 12.6. The van der Waals surface area contributed by atoms with E-state index in [4.69, 9.17) is 4.74 Å². The van der Waals surface area contributed by atoms with Crippen molar-refractivity contribution in [2.45, 2.75) is 12.5 Å². The van der Waals surface area contributed by atoms with Crippen molar-refractivity contribution >= 4 is 17.6 Å². The number of hydrogen-bond acceptors (Lipinski definition) is 4. The van der Waals surface area contributed by atoms with Crippen molar-refractivity contribution in [3.05, 3.63) is 83.3 Å². The monoisotopic (exact) mass is 383 g/mol. The van der Waals surface area contributed by atoms with Crippen LogP contribution in [0.4, 0.5) is 0 Å². The number of likely N-dealkylation sites (tertiary alicyclic amines) is 1. The van der Waals surface area contributed by atoms with Crippen LogP contribution in [0.3, 0.4) is 0 Å². The summed E-state index contributed by atoms with van der Waals surface area (Å²) in [5.41, 5.74) is 6.82. The van der Waals surface area contributed by atoms with Crippen LogP contribution in [-0.4, -0.2) is 47.1 Å². The Hall–Kier alpha value is -3.31. The Morgan fingerprint density at radius 2 is 1.90 bits per heavy atom. The zero-order valence-electron chi connectivity index (χ0n) is 16.2. The van der Waals surface area contributed by atoms with Crippen molar-refractivity contribution in [1.82, 2.24) is 14.9 Å². The van der Waals surface area contributed by atoms with Gasteiger partial charge in [0, 0.05) is 38.4 Å². The Bertz CT molecular complexity index is 1100. The van der Waals surface area contributed by atoms with Gasteiger partial charge in [0.1, 0.15) is 5.69 Å². The van der Waals surface area contributed by atoms with E-state index in [9.17, 15) is 4.79 Å². The fourth-order valence-electron chi connectivity index (χ4n) is 3.81. The molecule has 0 unspecified atom stereocenters. The second kappa shape index (κ2) is 7.26. The number of ether oxygens (including phenoxy) is 1. The Balaban J connectivity index is 1.40. The molecule has 1 aliphatic heterocycles. The number of fused-ring (bicyclic) bond motifs is 1. The third-order valence-electron chi connectivity index (χ3n) is 5.57. The number of benzene rings is 1. The van der Waals surface area contributed by atoms with Gasteiger partial charge >= 0.3 is 0 Å². The zero-order chi connectivity index (χ0) is 19.8. The SMILES string of the molecule is COC1CN(C(=O)c2cccc(-c3cnc4c(c3)C=C(c3ccccc3)C4)n2)C1. The van der Waals surface area contributed by atoms with Crippen molar-refractivity contribution in [2.24, 2.45) is 0 Å². The summed E-state index contributed by atoms with van der Waals surface area (Å²) in [6.07, 6.45) is 5.01. The average Bonchev–Trinajstić information content (AvgIpc) is 3.17. The fourth-order valence-corrected chi connectivity index (χ4v) is 3.81. The molecule has 2 aromatic heterocycles. The highest BCUT2D eigenvalue weighted by molar-refractivity contribution is 5.93. The van der Waals surface area contributed by atoms with Gasteiger partial charge < -0.3 is 9.64 Å². The lowest BCUT2D eigenvalue weighted by molar-refractivity contribution is -0.0194. The number of pyridine rings is 2. The molecule has 0 bridgehead atoms. The molecule has 5 heteroatoms. The molecular formula is C24H21N3O2. The quantitative estimate of drug-likeness (QED) is 0.689. The van der Waals surface area contributed by atoms with E-state index in [2.05, 4.69) is 46.4 Å². The summed E-state index contributed by atoms with van der Waals surface area (Å²) in [4.78, 5) is 23.7. The van der Waals surface area contributed by atoms with E-state index in [0.29, 0.717) is 18.8 Å². The molecule has 1 aliphatic carbocycles. The predicted molar refractivity (Wildman–Crippen MR) is 112 cm³/mol. The number of allylic oxidation sites excluding steroid dienone is 1. The summed E-state index contributed by atoms with van der Waals surface area (Å²) in [7, 11) is 1.67. The number of methoxy groups -OCH3 is 1. The Kier molecular flexibility index (Phi) is 4.45. The summed E-state index contributed by atoms with van der Waals surface area (Å²) in [5.74, 6) is -0.0551. The Morgan fingerprint density at radius 1 is 1.07 bits per heavy atom. The number of carbonyl (C=O) groups is 1. The smallest absolute Gasteiger partial charge is 0.272 e. The summed E-state index contributed by atoms with van der Waals surface area (Å²) in [5, 5.41) is 0. The number of rotatable bonds is 4. The van der Waals surface area contributed by atoms with Crippen molar-refractivity contribution in [2.75, 3.05) is 20.2 Å². The van der Waals surface area contributed by atoms with Crippen LogP contribution in [0.25, 0.3) is 22.9 Å². The molecule has 0 N–H and O–H groups in total. The van der Waals surface area contributed by atoms with Crippen molar-refractivity contribution < 1.29 is 9.53 Å². The first-order valence-corrected chi connectivity index (χ1v) is 9.75. The first kappa shape index (κ1) is 17.8. The molecule has 2 aliphatic rings. The normalized spacial score (nSPS) is 15.6. The molecule has 0 saturated carbocycles. The van der Waals surface area contributed by atoms with E-state index >= 15 is 0 Å². The summed E-state index contributed by atoms with van der Waals surface area (Å²) in [6, 6.07) is 18.1. The van der Waals surface area contributed by atoms with E-state index in [1.807, 2.05) is 24.4 Å². The number of carbonyl (C=O) groups excluding carboxylic acids is 1. The number of nitrogens with zero attached hydrogens (tertiary/aromatic N) is 3. The van der Waals surface area contributed by atoms with Gasteiger partial charge in [-0.2, -0.15) is 0 Å². The second-order valence-corrected chi connectivity index (χ2v) is 7.45. The lowest BCUT2D eigenvalue weighted by atomic mass is 10.1. The van der Waals surface area contributed by atoms with E-state index in [-0.39, 0.29) is 12.0 Å². The van der Waals surface area contributed by atoms with Gasteiger partial charge in [-0.1, -0.05) is 36.4 Å². The molecule has 0 radical (unpaired) electrons. The minimum absolute atomic E-state index is 0.0551. The molecule has 3 aromatic rings. The third-order valence-corrected chi connectivity index (χ3v) is 5.57. The zero-order valence-corrected chi connectivity index (χ0v) is 16.2. The van der Waals surface area contributed by atoms with Crippen LogP contribution in [0.1, 0.15) is 27.3 Å². The number of amides is 1. The van der Waals surface area contributed by atoms with Crippen molar-refractivity contribution in [1.29, 1.82) is 0 Å². The van der Waals surface area contributed by atoms with Crippen LogP contribution in [0.2, 0.25) is 0 Å².